The van der Waals surface area contributed by atoms with Gasteiger partial charge in [0.25, 0.3) is 0 Å². The summed E-state index contributed by atoms with van der Waals surface area (Å²) in [5, 5.41) is 4.30. The third-order valence-electron chi connectivity index (χ3n) is 3.08. The van der Waals surface area contributed by atoms with Crippen LogP contribution in [0.3, 0.4) is 0 Å². The largest absolute Gasteiger partial charge is 0.468 e. The SMILES string of the molecule is CCOC(=O)C1=C(C)NN=C(CC)C1c1ccco1. The molecule has 102 valence electrons. The molecule has 5 nitrogen and oxygen atoms in total. The Morgan fingerprint density at radius 3 is 2.89 bits per heavy atom. The van der Waals surface area contributed by atoms with E-state index in [0.717, 1.165) is 12.1 Å². The van der Waals surface area contributed by atoms with Gasteiger partial charge in [0.2, 0.25) is 0 Å². The van der Waals surface area contributed by atoms with Crippen LogP contribution in [0.2, 0.25) is 0 Å². The summed E-state index contributed by atoms with van der Waals surface area (Å²) in [5.41, 5.74) is 5.03. The molecule has 5 heteroatoms. The fraction of sp³-hybridized carbons (Fsp3) is 0.429. The van der Waals surface area contributed by atoms with Gasteiger partial charge in [0.15, 0.2) is 0 Å². The molecule has 0 aliphatic carbocycles. The lowest BCUT2D eigenvalue weighted by molar-refractivity contribution is -0.138. The van der Waals surface area contributed by atoms with Gasteiger partial charge in [-0.3, -0.25) is 5.43 Å². The molecule has 2 heterocycles. The average Bonchev–Trinajstić information content (AvgIpc) is 2.92. The molecule has 0 spiro atoms. The minimum atomic E-state index is -0.324. The van der Waals surface area contributed by atoms with E-state index in [1.165, 1.54) is 0 Å². The van der Waals surface area contributed by atoms with Gasteiger partial charge in [0.05, 0.1) is 30.1 Å². The minimum Gasteiger partial charge on any atom is -0.468 e. The molecule has 0 bridgehead atoms. The summed E-state index contributed by atoms with van der Waals surface area (Å²) in [6, 6.07) is 3.66. The molecular weight excluding hydrogens is 244 g/mol. The number of hydrazone groups is 1. The van der Waals surface area contributed by atoms with Crippen molar-refractivity contribution in [2.24, 2.45) is 5.10 Å². The minimum absolute atomic E-state index is 0.264. The summed E-state index contributed by atoms with van der Waals surface area (Å²) in [6.45, 7) is 5.96. The first-order valence-electron chi connectivity index (χ1n) is 6.42. The second-order valence-corrected chi connectivity index (χ2v) is 4.28. The fourth-order valence-corrected chi connectivity index (χ4v) is 2.19. The van der Waals surface area contributed by atoms with E-state index in [1.807, 2.05) is 26.0 Å². The number of furan rings is 1. The quantitative estimate of drug-likeness (QED) is 0.847. The summed E-state index contributed by atoms with van der Waals surface area (Å²) >= 11 is 0. The topological polar surface area (TPSA) is 63.8 Å². The summed E-state index contributed by atoms with van der Waals surface area (Å²) in [6.07, 6.45) is 2.33. The van der Waals surface area contributed by atoms with Crippen LogP contribution in [0.5, 0.6) is 0 Å². The van der Waals surface area contributed by atoms with Crippen LogP contribution in [0.15, 0.2) is 39.2 Å². The van der Waals surface area contributed by atoms with Gasteiger partial charge in [0, 0.05) is 5.70 Å². The van der Waals surface area contributed by atoms with Crippen molar-refractivity contribution < 1.29 is 13.9 Å². The Morgan fingerprint density at radius 1 is 1.53 bits per heavy atom. The highest BCUT2D eigenvalue weighted by molar-refractivity contribution is 6.04. The lowest BCUT2D eigenvalue weighted by atomic mass is 9.88. The predicted molar refractivity (Wildman–Crippen MR) is 71.6 cm³/mol. The molecular formula is C14H18N2O3. The highest BCUT2D eigenvalue weighted by Crippen LogP contribution is 2.32. The molecule has 0 radical (unpaired) electrons. The van der Waals surface area contributed by atoms with E-state index in [4.69, 9.17) is 9.15 Å². The van der Waals surface area contributed by atoms with E-state index >= 15 is 0 Å². The van der Waals surface area contributed by atoms with E-state index < -0.39 is 0 Å². The van der Waals surface area contributed by atoms with Gasteiger partial charge >= 0.3 is 5.97 Å². The number of nitrogens with zero attached hydrogens (tertiary/aromatic N) is 1. The Kier molecular flexibility index (Phi) is 4.04. The number of esters is 1. The number of ether oxygens (including phenoxy) is 1. The number of nitrogens with one attached hydrogen (secondary N) is 1. The molecule has 1 aromatic heterocycles. The average molecular weight is 262 g/mol. The molecule has 0 saturated carbocycles. The second-order valence-electron chi connectivity index (χ2n) is 4.28. The molecule has 1 atom stereocenters. The van der Waals surface area contributed by atoms with Gasteiger partial charge in [-0.25, -0.2) is 4.79 Å². The summed E-state index contributed by atoms with van der Waals surface area (Å²) in [5.74, 6) is 0.125. The van der Waals surface area contributed by atoms with Gasteiger partial charge in [0.1, 0.15) is 5.76 Å². The summed E-state index contributed by atoms with van der Waals surface area (Å²) < 4.78 is 10.6. The number of carbonyl (C=O) groups is 1. The van der Waals surface area contributed by atoms with Crippen LogP contribution in [-0.2, 0) is 9.53 Å². The molecule has 0 saturated heterocycles. The smallest absolute Gasteiger partial charge is 0.336 e. The highest BCUT2D eigenvalue weighted by Gasteiger charge is 2.34. The molecule has 0 fully saturated rings. The van der Waals surface area contributed by atoms with Crippen LogP contribution >= 0.6 is 0 Å². The van der Waals surface area contributed by atoms with Crippen LogP contribution < -0.4 is 5.43 Å². The van der Waals surface area contributed by atoms with Crippen molar-refractivity contribution in [2.45, 2.75) is 33.1 Å². The lowest BCUT2D eigenvalue weighted by Gasteiger charge is -2.25. The number of rotatable bonds is 4. The molecule has 1 unspecified atom stereocenters. The lowest BCUT2D eigenvalue weighted by Crippen LogP contribution is -2.30. The fourth-order valence-electron chi connectivity index (χ4n) is 2.19. The summed E-state index contributed by atoms with van der Waals surface area (Å²) in [7, 11) is 0. The van der Waals surface area contributed by atoms with Crippen LogP contribution in [0, 0.1) is 0 Å². The van der Waals surface area contributed by atoms with Gasteiger partial charge in [-0.1, -0.05) is 6.92 Å². The van der Waals surface area contributed by atoms with Crippen molar-refractivity contribution in [3.05, 3.63) is 35.4 Å². The van der Waals surface area contributed by atoms with Gasteiger partial charge < -0.3 is 9.15 Å². The van der Waals surface area contributed by atoms with Crippen molar-refractivity contribution in [1.29, 1.82) is 0 Å². The molecule has 0 aromatic carbocycles. The van der Waals surface area contributed by atoms with E-state index in [0.29, 0.717) is 23.6 Å². The number of hydrogen-bond acceptors (Lipinski definition) is 5. The van der Waals surface area contributed by atoms with Crippen molar-refractivity contribution in [3.63, 3.8) is 0 Å². The zero-order chi connectivity index (χ0) is 13.8. The third kappa shape index (κ3) is 2.54. The van der Waals surface area contributed by atoms with Gasteiger partial charge in [-0.05, 0) is 32.4 Å². The monoisotopic (exact) mass is 262 g/mol. The molecule has 1 aliphatic rings. The number of hydrogen-bond donors (Lipinski definition) is 1. The Balaban J connectivity index is 2.43. The van der Waals surface area contributed by atoms with Gasteiger partial charge in [-0.15, -0.1) is 0 Å². The zero-order valence-corrected chi connectivity index (χ0v) is 11.4. The summed E-state index contributed by atoms with van der Waals surface area (Å²) in [4.78, 5) is 12.2. The Labute approximate surface area is 112 Å². The Bertz CT molecular complexity index is 515. The maximum absolute atomic E-state index is 12.2. The van der Waals surface area contributed by atoms with Gasteiger partial charge in [-0.2, -0.15) is 5.10 Å². The molecule has 1 aliphatic heterocycles. The first kappa shape index (κ1) is 13.4. The number of carbonyl (C=O) groups excluding carboxylic acids is 1. The molecule has 1 aromatic rings. The van der Waals surface area contributed by atoms with Crippen LogP contribution in [0.1, 0.15) is 38.9 Å². The van der Waals surface area contributed by atoms with Crippen LogP contribution in [0.25, 0.3) is 0 Å². The van der Waals surface area contributed by atoms with Crippen molar-refractivity contribution in [1.82, 2.24) is 5.43 Å². The van der Waals surface area contributed by atoms with E-state index in [1.54, 1.807) is 13.2 Å². The van der Waals surface area contributed by atoms with E-state index in [2.05, 4.69) is 10.5 Å². The standard InChI is InChI=1S/C14H18N2O3/c1-4-10-13(11-7-6-8-19-11)12(9(3)15-16-10)14(17)18-5-2/h6-8,13,15H,4-5H2,1-3H3. The maximum Gasteiger partial charge on any atom is 0.336 e. The highest BCUT2D eigenvalue weighted by atomic mass is 16.5. The van der Waals surface area contributed by atoms with Crippen LogP contribution in [0.4, 0.5) is 0 Å². The maximum atomic E-state index is 12.2. The van der Waals surface area contributed by atoms with E-state index in [9.17, 15) is 4.79 Å². The number of allylic oxidation sites excluding steroid dienone is 1. The molecule has 1 N–H and O–H groups in total. The Morgan fingerprint density at radius 2 is 2.32 bits per heavy atom. The van der Waals surface area contributed by atoms with E-state index in [-0.39, 0.29) is 11.9 Å². The third-order valence-corrected chi connectivity index (χ3v) is 3.08. The zero-order valence-electron chi connectivity index (χ0n) is 11.4. The Hall–Kier alpha value is -2.04. The van der Waals surface area contributed by atoms with Crippen LogP contribution in [-0.4, -0.2) is 18.3 Å². The molecule has 0 amide bonds. The predicted octanol–water partition coefficient (Wildman–Crippen LogP) is 2.57. The van der Waals surface area contributed by atoms with Crippen molar-refractivity contribution in [2.75, 3.05) is 6.61 Å². The van der Waals surface area contributed by atoms with Crippen molar-refractivity contribution >= 4 is 11.7 Å². The normalized spacial score (nSPS) is 18.9. The first-order valence-corrected chi connectivity index (χ1v) is 6.42. The molecule has 2 rings (SSSR count). The first-order chi connectivity index (χ1) is 9.19. The molecule has 19 heavy (non-hydrogen) atoms. The van der Waals surface area contributed by atoms with Crippen molar-refractivity contribution in [3.8, 4) is 0 Å². The second kappa shape index (κ2) is 5.73.